The van der Waals surface area contributed by atoms with Crippen LogP contribution in [0.3, 0.4) is 0 Å². The second-order valence-corrected chi connectivity index (χ2v) is 3.55. The van der Waals surface area contributed by atoms with Crippen LogP contribution in [0.1, 0.15) is 5.56 Å². The largest absolute Gasteiger partial charge is 0.438 e. The fraction of sp³-hybridized carbons (Fsp3) is 0. The summed E-state index contributed by atoms with van der Waals surface area (Å²) in [4.78, 5) is 3.86. The van der Waals surface area contributed by atoms with Gasteiger partial charge in [-0.2, -0.15) is 0 Å². The lowest BCUT2D eigenvalue weighted by molar-refractivity contribution is 0.318. The van der Waals surface area contributed by atoms with Gasteiger partial charge in [0, 0.05) is 24.4 Å². The van der Waals surface area contributed by atoms with Crippen molar-refractivity contribution < 1.29 is 18.7 Å². The lowest BCUT2D eigenvalue weighted by Gasteiger charge is -2.08. The minimum atomic E-state index is -0.781. The highest BCUT2D eigenvalue weighted by Crippen LogP contribution is 2.24. The predicted octanol–water partition coefficient (Wildman–Crippen LogP) is 2.25. The molecule has 2 aromatic rings. The van der Waals surface area contributed by atoms with Crippen LogP contribution in [0, 0.1) is 11.6 Å². The molecule has 98 valence electrons. The van der Waals surface area contributed by atoms with Crippen LogP contribution >= 0.6 is 0 Å². The quantitative estimate of drug-likeness (QED) is 0.386. The van der Waals surface area contributed by atoms with Gasteiger partial charge in [0.1, 0.15) is 17.4 Å². The Hall–Kier alpha value is -2.70. The van der Waals surface area contributed by atoms with Gasteiger partial charge < -0.3 is 15.7 Å². The molecule has 1 aromatic carbocycles. The molecule has 0 aliphatic heterocycles. The van der Waals surface area contributed by atoms with Crippen molar-refractivity contribution in [3.63, 3.8) is 0 Å². The highest BCUT2D eigenvalue weighted by Gasteiger charge is 2.11. The molecule has 7 heteroatoms. The molecule has 2 rings (SSSR count). The van der Waals surface area contributed by atoms with Crippen LogP contribution in [0.15, 0.2) is 41.7 Å². The summed E-state index contributed by atoms with van der Waals surface area (Å²) in [6, 6.07) is 5.75. The number of oxime groups is 1. The number of amidine groups is 1. The van der Waals surface area contributed by atoms with E-state index in [1.807, 2.05) is 0 Å². The molecule has 0 saturated carbocycles. The number of nitrogens with zero attached hydrogens (tertiary/aromatic N) is 2. The van der Waals surface area contributed by atoms with Gasteiger partial charge in [-0.25, -0.2) is 13.8 Å². The van der Waals surface area contributed by atoms with Gasteiger partial charge in [-0.1, -0.05) is 5.16 Å². The average molecular weight is 265 g/mol. The minimum absolute atomic E-state index is 0.0252. The van der Waals surface area contributed by atoms with E-state index in [4.69, 9.17) is 15.7 Å². The molecule has 0 bridgehead atoms. The molecule has 0 fully saturated rings. The SMILES string of the molecule is N/C(=N/O)c1cccnc1Oc1cc(F)cc(F)c1. The summed E-state index contributed by atoms with van der Waals surface area (Å²) in [5.41, 5.74) is 5.64. The van der Waals surface area contributed by atoms with Crippen LogP contribution in [0.4, 0.5) is 8.78 Å². The van der Waals surface area contributed by atoms with Gasteiger partial charge in [0.2, 0.25) is 5.88 Å². The third-order valence-electron chi connectivity index (χ3n) is 2.21. The van der Waals surface area contributed by atoms with Crippen molar-refractivity contribution in [2.45, 2.75) is 0 Å². The molecule has 1 heterocycles. The van der Waals surface area contributed by atoms with Gasteiger partial charge in [0.15, 0.2) is 5.84 Å². The van der Waals surface area contributed by atoms with Crippen molar-refractivity contribution in [3.8, 4) is 11.6 Å². The van der Waals surface area contributed by atoms with Crippen molar-refractivity contribution in [3.05, 3.63) is 53.7 Å². The highest BCUT2D eigenvalue weighted by molar-refractivity contribution is 5.99. The number of hydrogen-bond acceptors (Lipinski definition) is 4. The van der Waals surface area contributed by atoms with E-state index in [1.165, 1.54) is 12.3 Å². The van der Waals surface area contributed by atoms with E-state index in [9.17, 15) is 8.78 Å². The van der Waals surface area contributed by atoms with E-state index in [-0.39, 0.29) is 23.0 Å². The molecule has 3 N–H and O–H groups in total. The third kappa shape index (κ3) is 2.95. The van der Waals surface area contributed by atoms with Gasteiger partial charge in [-0.15, -0.1) is 0 Å². The first-order chi connectivity index (χ1) is 9.10. The lowest BCUT2D eigenvalue weighted by atomic mass is 10.2. The first-order valence-electron chi connectivity index (χ1n) is 5.17. The van der Waals surface area contributed by atoms with E-state index in [0.29, 0.717) is 0 Å². The van der Waals surface area contributed by atoms with E-state index < -0.39 is 11.6 Å². The number of rotatable bonds is 3. The summed E-state index contributed by atoms with van der Waals surface area (Å²) in [6.07, 6.45) is 1.40. The third-order valence-corrected chi connectivity index (χ3v) is 2.21. The number of nitrogens with two attached hydrogens (primary N) is 1. The highest BCUT2D eigenvalue weighted by atomic mass is 19.1. The second kappa shape index (κ2) is 5.30. The Morgan fingerprint density at radius 2 is 1.95 bits per heavy atom. The summed E-state index contributed by atoms with van der Waals surface area (Å²) < 4.78 is 31.3. The van der Waals surface area contributed by atoms with Gasteiger partial charge >= 0.3 is 0 Å². The fourth-order valence-corrected chi connectivity index (χ4v) is 1.42. The van der Waals surface area contributed by atoms with Crippen LogP contribution in [-0.2, 0) is 0 Å². The Bertz CT molecular complexity index is 612. The molecule has 0 unspecified atom stereocenters. The number of halogens is 2. The van der Waals surface area contributed by atoms with E-state index in [0.717, 1.165) is 18.2 Å². The van der Waals surface area contributed by atoms with Gasteiger partial charge in [-0.05, 0) is 12.1 Å². The van der Waals surface area contributed by atoms with Crippen LogP contribution in [0.25, 0.3) is 0 Å². The maximum atomic E-state index is 13.0. The normalized spacial score (nSPS) is 11.4. The first-order valence-corrected chi connectivity index (χ1v) is 5.17. The Balaban J connectivity index is 2.38. The molecular formula is C12H9F2N3O2. The Morgan fingerprint density at radius 3 is 2.58 bits per heavy atom. The summed E-state index contributed by atoms with van der Waals surface area (Å²) in [5.74, 6) is -1.89. The van der Waals surface area contributed by atoms with Crippen molar-refractivity contribution in [1.82, 2.24) is 4.98 Å². The second-order valence-electron chi connectivity index (χ2n) is 3.55. The molecule has 0 atom stereocenters. The molecular weight excluding hydrogens is 256 g/mol. The smallest absolute Gasteiger partial charge is 0.230 e. The molecule has 0 radical (unpaired) electrons. The number of aromatic nitrogens is 1. The predicted molar refractivity (Wildman–Crippen MR) is 63.2 cm³/mol. The van der Waals surface area contributed by atoms with E-state index in [1.54, 1.807) is 6.07 Å². The average Bonchev–Trinajstić information content (AvgIpc) is 2.37. The Morgan fingerprint density at radius 1 is 1.26 bits per heavy atom. The molecule has 0 saturated heterocycles. The molecule has 0 spiro atoms. The monoisotopic (exact) mass is 265 g/mol. The topological polar surface area (TPSA) is 80.7 Å². The van der Waals surface area contributed by atoms with Crippen LogP contribution < -0.4 is 10.5 Å². The maximum Gasteiger partial charge on any atom is 0.230 e. The molecule has 0 aliphatic rings. The molecule has 5 nitrogen and oxygen atoms in total. The van der Waals surface area contributed by atoms with Gasteiger partial charge in [-0.3, -0.25) is 0 Å². The van der Waals surface area contributed by atoms with Crippen molar-refractivity contribution in [2.75, 3.05) is 0 Å². The van der Waals surface area contributed by atoms with Gasteiger partial charge in [0.25, 0.3) is 0 Å². The number of pyridine rings is 1. The van der Waals surface area contributed by atoms with E-state index in [2.05, 4.69) is 10.1 Å². The zero-order chi connectivity index (χ0) is 13.8. The van der Waals surface area contributed by atoms with Crippen molar-refractivity contribution in [2.24, 2.45) is 10.9 Å². The minimum Gasteiger partial charge on any atom is -0.438 e. The molecule has 1 aromatic heterocycles. The fourth-order valence-electron chi connectivity index (χ4n) is 1.42. The standard InChI is InChI=1S/C12H9F2N3O2/c13-7-4-8(14)6-9(5-7)19-12-10(11(15)17-18)2-1-3-16-12/h1-6,18H,(H2,15,17). The van der Waals surface area contributed by atoms with Crippen molar-refractivity contribution >= 4 is 5.84 Å². The molecule has 19 heavy (non-hydrogen) atoms. The number of hydrogen-bond donors (Lipinski definition) is 2. The zero-order valence-corrected chi connectivity index (χ0v) is 9.55. The van der Waals surface area contributed by atoms with E-state index >= 15 is 0 Å². The Labute approximate surface area is 107 Å². The summed E-state index contributed by atoms with van der Waals surface area (Å²) in [6.45, 7) is 0. The summed E-state index contributed by atoms with van der Waals surface area (Å²) >= 11 is 0. The number of ether oxygens (including phenoxy) is 1. The summed E-state index contributed by atoms with van der Waals surface area (Å²) in [7, 11) is 0. The zero-order valence-electron chi connectivity index (χ0n) is 9.55. The lowest BCUT2D eigenvalue weighted by Crippen LogP contribution is -2.14. The van der Waals surface area contributed by atoms with Crippen LogP contribution in [-0.4, -0.2) is 16.0 Å². The number of benzene rings is 1. The van der Waals surface area contributed by atoms with Crippen LogP contribution in [0.5, 0.6) is 11.6 Å². The molecule has 0 amide bonds. The van der Waals surface area contributed by atoms with Crippen molar-refractivity contribution in [1.29, 1.82) is 0 Å². The van der Waals surface area contributed by atoms with Gasteiger partial charge in [0.05, 0.1) is 5.56 Å². The Kier molecular flexibility index (Phi) is 3.56. The molecule has 0 aliphatic carbocycles. The maximum absolute atomic E-state index is 13.0. The first kappa shape index (κ1) is 12.7. The summed E-state index contributed by atoms with van der Waals surface area (Å²) in [5, 5.41) is 11.4. The van der Waals surface area contributed by atoms with Crippen LogP contribution in [0.2, 0.25) is 0 Å².